The molecule has 0 spiro atoms. The number of carboxylic acid groups (broad SMARTS) is 3. The van der Waals surface area contributed by atoms with Gasteiger partial charge in [0.25, 0.3) is 0 Å². The molecule has 15 nitrogen and oxygen atoms in total. The number of fused-ring (bicyclic) bond motifs is 6. The number of pyridine rings is 1. The van der Waals surface area contributed by atoms with Crippen LogP contribution in [-0.2, 0) is 25.6 Å². The number of rotatable bonds is 2. The number of nitrogens with one attached hydrogen (secondary N) is 2. The van der Waals surface area contributed by atoms with Gasteiger partial charge in [-0.2, -0.15) is 44.5 Å². The van der Waals surface area contributed by atoms with Crippen LogP contribution in [0.2, 0.25) is 5.02 Å². The first kappa shape index (κ1) is 47.8. The van der Waals surface area contributed by atoms with Crippen molar-refractivity contribution in [1.29, 1.82) is 0 Å². The highest BCUT2D eigenvalue weighted by molar-refractivity contribution is 6.32. The summed E-state index contributed by atoms with van der Waals surface area (Å²) in [5.41, 5.74) is 4.82. The number of carbonyl (C=O) groups excluding carboxylic acids is 1. The number of piperazine rings is 1. The van der Waals surface area contributed by atoms with E-state index in [0.29, 0.717) is 36.5 Å². The molecule has 2 aliphatic rings. The molecule has 2 aromatic carbocycles. The van der Waals surface area contributed by atoms with Crippen molar-refractivity contribution in [3.63, 3.8) is 0 Å². The Morgan fingerprint density at radius 2 is 1.30 bits per heavy atom. The minimum atomic E-state index is -5.08. The van der Waals surface area contributed by atoms with Crippen LogP contribution in [0.25, 0.3) is 11.1 Å². The number of hydrogen-bond acceptors (Lipinski definition) is 11. The fraction of sp³-hybridized carbons (Fsp3) is 0.286. The van der Waals surface area contributed by atoms with Gasteiger partial charge in [0.2, 0.25) is 11.9 Å². The van der Waals surface area contributed by atoms with Crippen LogP contribution in [0.3, 0.4) is 0 Å². The number of aromatic nitrogens is 3. The van der Waals surface area contributed by atoms with E-state index in [1.165, 1.54) is 0 Å². The monoisotopic (exact) mass is 883 g/mol. The van der Waals surface area contributed by atoms with Gasteiger partial charge in [-0.1, -0.05) is 23.7 Å². The topological polar surface area (TPSA) is 207 Å². The van der Waals surface area contributed by atoms with Crippen LogP contribution < -0.4 is 20.3 Å². The van der Waals surface area contributed by atoms with Gasteiger partial charge in [-0.05, 0) is 47.5 Å². The summed E-state index contributed by atoms with van der Waals surface area (Å²) in [4.78, 5) is 56.2. The van der Waals surface area contributed by atoms with E-state index in [-0.39, 0.29) is 5.91 Å². The van der Waals surface area contributed by atoms with Crippen LogP contribution in [0.4, 0.5) is 68.5 Å². The second-order valence-corrected chi connectivity index (χ2v) is 12.4. The zero-order chi connectivity index (χ0) is 45.0. The lowest BCUT2D eigenvalue weighted by atomic mass is 10.0. The third kappa shape index (κ3) is 15.3. The van der Waals surface area contributed by atoms with Gasteiger partial charge in [0.1, 0.15) is 16.6 Å². The SMILES string of the molecule is CC(=O)N1CCN(c2ccc(-c3cc4cc(c3)Nc3ncc(Cl)c(n3)Nc3cccc(c3)OCC4)cn2)CC1.O=C(O)C(F)(F)F.O=C(O)C(F)(F)F.O=C(O)C(F)(F)F. The number of carboxylic acids is 3. The number of benzene rings is 2. The van der Waals surface area contributed by atoms with Crippen molar-refractivity contribution < 1.29 is 78.7 Å². The molecule has 2 aromatic heterocycles. The van der Waals surface area contributed by atoms with Gasteiger partial charge in [-0.15, -0.1) is 0 Å². The van der Waals surface area contributed by atoms with E-state index in [1.54, 1.807) is 13.1 Å². The number of carbonyl (C=O) groups is 4. The van der Waals surface area contributed by atoms with E-state index in [0.717, 1.165) is 59.1 Å². The van der Waals surface area contributed by atoms with E-state index in [1.807, 2.05) is 41.4 Å². The molecule has 1 fully saturated rings. The highest BCUT2D eigenvalue weighted by atomic mass is 35.5. The minimum absolute atomic E-state index is 0.120. The molecular formula is C35H31ClF9N7O8. The number of aliphatic carboxylic acids is 3. The Morgan fingerprint density at radius 1 is 0.717 bits per heavy atom. The number of nitrogens with zero attached hydrogens (tertiary/aromatic N) is 5. The third-order valence-corrected chi connectivity index (χ3v) is 7.88. The average molecular weight is 884 g/mol. The van der Waals surface area contributed by atoms with E-state index in [4.69, 9.17) is 51.0 Å². The molecule has 6 bridgehead atoms. The van der Waals surface area contributed by atoms with Gasteiger partial charge in [0.15, 0.2) is 5.82 Å². The van der Waals surface area contributed by atoms with Gasteiger partial charge >= 0.3 is 36.4 Å². The molecular weight excluding hydrogens is 853 g/mol. The van der Waals surface area contributed by atoms with Crippen LogP contribution in [0.15, 0.2) is 67.0 Å². The Bertz CT molecular complexity index is 2080. The quantitative estimate of drug-likeness (QED) is 0.127. The molecule has 2 aliphatic heterocycles. The standard InChI is InChI=1S/C29H28ClN7O2.3C2HF3O2/c1-19(38)36-8-10-37(11-9-36)27-6-5-21(17-31-27)22-13-20-7-12-39-25-4-2-3-23(16-25)33-28-26(30)18-32-29(35-28)34-24(14-20)15-22;3*3-2(4,5)1(6)7/h2-6,13-18H,7-12H2,1H3,(H2,32,33,34,35);3*(H,6,7). The second-order valence-electron chi connectivity index (χ2n) is 12.0. The average Bonchev–Trinajstić information content (AvgIpc) is 3.16. The van der Waals surface area contributed by atoms with Crippen LogP contribution in [-0.4, -0.2) is 110 Å². The van der Waals surface area contributed by atoms with E-state index >= 15 is 0 Å². The number of hydrogen-bond donors (Lipinski definition) is 5. The zero-order valence-electron chi connectivity index (χ0n) is 30.5. The van der Waals surface area contributed by atoms with Crippen LogP contribution >= 0.6 is 11.6 Å². The van der Waals surface area contributed by atoms with Gasteiger partial charge in [-0.25, -0.2) is 24.4 Å². The Kier molecular flexibility index (Phi) is 16.2. The molecule has 5 N–H and O–H groups in total. The molecule has 0 unspecified atom stereocenters. The molecule has 0 radical (unpaired) electrons. The predicted octanol–water partition coefficient (Wildman–Crippen LogP) is 7.18. The summed E-state index contributed by atoms with van der Waals surface area (Å²) in [7, 11) is 0. The maximum atomic E-state index is 11.6. The summed E-state index contributed by atoms with van der Waals surface area (Å²) < 4.78 is 101. The van der Waals surface area contributed by atoms with Crippen LogP contribution in [0.1, 0.15) is 12.5 Å². The molecule has 4 aromatic rings. The number of halogens is 10. The summed E-state index contributed by atoms with van der Waals surface area (Å²) in [6.45, 7) is 5.12. The van der Waals surface area contributed by atoms with Crippen molar-refractivity contribution in [2.75, 3.05) is 48.3 Å². The Labute approximate surface area is 337 Å². The molecule has 324 valence electrons. The highest BCUT2D eigenvalue weighted by Gasteiger charge is 2.39. The van der Waals surface area contributed by atoms with E-state index < -0.39 is 36.4 Å². The van der Waals surface area contributed by atoms with E-state index in [9.17, 15) is 44.3 Å². The van der Waals surface area contributed by atoms with Gasteiger partial charge in [-0.3, -0.25) is 4.79 Å². The van der Waals surface area contributed by atoms with Crippen molar-refractivity contribution >= 4 is 64.4 Å². The molecule has 25 heteroatoms. The summed E-state index contributed by atoms with van der Waals surface area (Å²) in [5.74, 6) is -5.53. The highest BCUT2D eigenvalue weighted by Crippen LogP contribution is 2.31. The zero-order valence-corrected chi connectivity index (χ0v) is 31.2. The maximum Gasteiger partial charge on any atom is 0.490 e. The predicted molar refractivity (Wildman–Crippen MR) is 194 cm³/mol. The lowest BCUT2D eigenvalue weighted by Crippen LogP contribution is -2.48. The fourth-order valence-corrected chi connectivity index (χ4v) is 4.94. The second kappa shape index (κ2) is 20.4. The summed E-state index contributed by atoms with van der Waals surface area (Å²) in [5, 5.41) is 28.4. The Hall–Kier alpha value is -6.59. The molecule has 1 amide bonds. The Morgan fingerprint density at radius 3 is 1.82 bits per heavy atom. The first-order valence-electron chi connectivity index (χ1n) is 16.6. The number of ether oxygens (including phenoxy) is 1. The fourth-order valence-electron chi connectivity index (χ4n) is 4.80. The van der Waals surface area contributed by atoms with Crippen molar-refractivity contribution in [3.8, 4) is 16.9 Å². The van der Waals surface area contributed by atoms with Gasteiger partial charge in [0, 0.05) is 68.7 Å². The molecule has 4 heterocycles. The van der Waals surface area contributed by atoms with Crippen molar-refractivity contribution in [3.05, 3.63) is 77.6 Å². The first-order chi connectivity index (χ1) is 27.8. The Balaban J connectivity index is 0.000000377. The third-order valence-electron chi connectivity index (χ3n) is 7.61. The van der Waals surface area contributed by atoms with Crippen LogP contribution in [0, 0.1) is 0 Å². The summed E-state index contributed by atoms with van der Waals surface area (Å²) in [6.07, 6.45) is -11.1. The molecule has 6 rings (SSSR count). The summed E-state index contributed by atoms with van der Waals surface area (Å²) in [6, 6.07) is 18.1. The van der Waals surface area contributed by atoms with Crippen LogP contribution in [0.5, 0.6) is 5.75 Å². The molecule has 60 heavy (non-hydrogen) atoms. The molecule has 0 atom stereocenters. The van der Waals surface area contributed by atoms with Gasteiger partial charge in [0.05, 0.1) is 12.8 Å². The molecule has 1 saturated heterocycles. The number of anilines is 5. The smallest absolute Gasteiger partial charge is 0.490 e. The summed E-state index contributed by atoms with van der Waals surface area (Å²) >= 11 is 6.38. The van der Waals surface area contributed by atoms with Crippen molar-refractivity contribution in [1.82, 2.24) is 19.9 Å². The van der Waals surface area contributed by atoms with E-state index in [2.05, 4.69) is 49.8 Å². The molecule has 0 aliphatic carbocycles. The number of amides is 1. The lowest BCUT2D eigenvalue weighted by molar-refractivity contribution is -0.193. The van der Waals surface area contributed by atoms with Gasteiger partial charge < -0.3 is 40.5 Å². The maximum absolute atomic E-state index is 11.6. The molecule has 0 saturated carbocycles. The lowest BCUT2D eigenvalue weighted by Gasteiger charge is -2.34. The van der Waals surface area contributed by atoms with Crippen molar-refractivity contribution in [2.24, 2.45) is 0 Å². The first-order valence-corrected chi connectivity index (χ1v) is 17.0. The number of alkyl halides is 9. The minimum Gasteiger partial charge on any atom is -0.493 e. The van der Waals surface area contributed by atoms with Crippen molar-refractivity contribution in [2.45, 2.75) is 31.9 Å². The normalized spacial score (nSPS) is 13.7. The largest absolute Gasteiger partial charge is 0.493 e.